The Morgan fingerprint density at radius 2 is 2.29 bits per heavy atom. The molecule has 0 saturated carbocycles. The van der Waals surface area contributed by atoms with Gasteiger partial charge >= 0.3 is 6.61 Å². The second kappa shape index (κ2) is 3.52. The molecule has 0 N–H and O–H groups in total. The number of hydrogen-bond donors (Lipinski definition) is 0. The zero-order chi connectivity index (χ0) is 5.70. The summed E-state index contributed by atoms with van der Waals surface area (Å²) in [7, 11) is 1.35. The smallest absolute Gasteiger partial charge is 0.388 e. The highest BCUT2D eigenvalue weighted by Gasteiger charge is 1.94. The van der Waals surface area contributed by atoms with E-state index in [2.05, 4.69) is 9.73 Å². The van der Waals surface area contributed by atoms with E-state index in [9.17, 15) is 8.78 Å². The summed E-state index contributed by atoms with van der Waals surface area (Å²) >= 11 is 0. The Bertz CT molecular complexity index is 64.0. The second-order valence-corrected chi connectivity index (χ2v) is 0.760. The van der Waals surface area contributed by atoms with Crippen molar-refractivity contribution in [1.82, 2.24) is 0 Å². The molecule has 0 radical (unpaired) electrons. The van der Waals surface area contributed by atoms with Crippen molar-refractivity contribution in [2.24, 2.45) is 4.99 Å². The van der Waals surface area contributed by atoms with E-state index in [0.717, 1.165) is 0 Å². The summed E-state index contributed by atoms with van der Waals surface area (Å²) in [5.41, 5.74) is 0. The van der Waals surface area contributed by atoms with Gasteiger partial charge in [-0.15, -0.1) is 0 Å². The Labute approximate surface area is 39.8 Å². The molecule has 0 amide bonds. The van der Waals surface area contributed by atoms with Crippen molar-refractivity contribution in [3.05, 3.63) is 0 Å². The fourth-order valence-electron chi connectivity index (χ4n) is 0.107. The molecule has 0 aromatic heterocycles. The molecule has 0 atom stereocenters. The third kappa shape index (κ3) is 5.33. The molecule has 0 spiro atoms. The molecule has 0 heterocycles. The van der Waals surface area contributed by atoms with Crippen molar-refractivity contribution in [3.8, 4) is 0 Å². The van der Waals surface area contributed by atoms with Gasteiger partial charge in [0.05, 0.1) is 0 Å². The number of aliphatic imine (C=N–C) groups is 1. The quantitative estimate of drug-likeness (QED) is 0.381. The van der Waals surface area contributed by atoms with E-state index in [4.69, 9.17) is 0 Å². The average Bonchev–Trinajstić information content (AvgIpc) is 1.61. The molecule has 0 aromatic carbocycles. The normalized spacial score (nSPS) is 10.9. The van der Waals surface area contributed by atoms with Crippen LogP contribution in [0.15, 0.2) is 4.99 Å². The Kier molecular flexibility index (Phi) is 3.18. The molecule has 42 valence electrons. The van der Waals surface area contributed by atoms with Crippen molar-refractivity contribution in [3.63, 3.8) is 0 Å². The summed E-state index contributed by atoms with van der Waals surface area (Å²) in [6, 6.07) is 0. The lowest BCUT2D eigenvalue weighted by Crippen LogP contribution is -1.94. The summed E-state index contributed by atoms with van der Waals surface area (Å²) in [6.07, 6.45) is 0.699. The maximum atomic E-state index is 10.9. The number of hydrogen-bond acceptors (Lipinski definition) is 2. The third-order valence-electron chi connectivity index (χ3n) is 0.269. The first kappa shape index (κ1) is 6.33. The molecule has 7 heavy (non-hydrogen) atoms. The first-order valence-corrected chi connectivity index (χ1v) is 1.61. The molecule has 4 heteroatoms. The minimum atomic E-state index is -2.75. The van der Waals surface area contributed by atoms with Crippen molar-refractivity contribution in [2.45, 2.75) is 6.61 Å². The molecule has 0 rings (SSSR count). The highest BCUT2D eigenvalue weighted by molar-refractivity contribution is 5.45. The van der Waals surface area contributed by atoms with Crippen LogP contribution >= 0.6 is 0 Å². The molecule has 0 bridgehead atoms. The van der Waals surface area contributed by atoms with Crippen LogP contribution in [0.1, 0.15) is 0 Å². The van der Waals surface area contributed by atoms with Crippen molar-refractivity contribution in [1.29, 1.82) is 0 Å². The maximum absolute atomic E-state index is 10.9. The fourth-order valence-corrected chi connectivity index (χ4v) is 0.107. The van der Waals surface area contributed by atoms with E-state index in [0.29, 0.717) is 6.40 Å². The molecule has 0 saturated heterocycles. The average molecular weight is 109 g/mol. The van der Waals surface area contributed by atoms with E-state index in [-0.39, 0.29) is 0 Å². The molecular weight excluding hydrogens is 104 g/mol. The Morgan fingerprint density at radius 1 is 1.71 bits per heavy atom. The molecule has 0 aliphatic rings. The molecule has 0 aliphatic heterocycles. The van der Waals surface area contributed by atoms with Crippen LogP contribution in [0.3, 0.4) is 0 Å². The minimum Gasteiger partial charge on any atom is -0.424 e. The lowest BCUT2D eigenvalue weighted by molar-refractivity contribution is -0.0552. The number of halogens is 2. The van der Waals surface area contributed by atoms with E-state index < -0.39 is 6.61 Å². The monoisotopic (exact) mass is 109 g/mol. The predicted molar refractivity (Wildman–Crippen MR) is 21.5 cm³/mol. The lowest BCUT2D eigenvalue weighted by atomic mass is 11.3. The van der Waals surface area contributed by atoms with Crippen LogP contribution in [0.5, 0.6) is 0 Å². The van der Waals surface area contributed by atoms with E-state index in [1.165, 1.54) is 7.05 Å². The Balaban J connectivity index is 2.97. The van der Waals surface area contributed by atoms with E-state index in [1.807, 2.05) is 0 Å². The number of rotatable bonds is 2. The Morgan fingerprint density at radius 3 is 2.43 bits per heavy atom. The van der Waals surface area contributed by atoms with Gasteiger partial charge in [0.15, 0.2) is 6.40 Å². The van der Waals surface area contributed by atoms with E-state index in [1.54, 1.807) is 0 Å². The van der Waals surface area contributed by atoms with Crippen LogP contribution in [-0.4, -0.2) is 20.1 Å². The zero-order valence-electron chi connectivity index (χ0n) is 3.77. The van der Waals surface area contributed by atoms with Crippen LogP contribution in [0, 0.1) is 0 Å². The minimum absolute atomic E-state index is 0.699. The van der Waals surface area contributed by atoms with Gasteiger partial charge in [-0.3, -0.25) is 4.99 Å². The first-order chi connectivity index (χ1) is 3.27. The largest absolute Gasteiger partial charge is 0.424 e. The lowest BCUT2D eigenvalue weighted by Gasteiger charge is -1.91. The topological polar surface area (TPSA) is 21.6 Å². The van der Waals surface area contributed by atoms with Gasteiger partial charge in [0.1, 0.15) is 0 Å². The zero-order valence-corrected chi connectivity index (χ0v) is 3.77. The van der Waals surface area contributed by atoms with Gasteiger partial charge in [-0.05, 0) is 0 Å². The highest BCUT2D eigenvalue weighted by Crippen LogP contribution is 1.89. The van der Waals surface area contributed by atoms with Crippen LogP contribution in [-0.2, 0) is 4.74 Å². The number of nitrogens with zero attached hydrogens (tertiary/aromatic N) is 1. The fraction of sp³-hybridized carbons (Fsp3) is 0.667. The molecule has 0 aliphatic carbocycles. The molecule has 0 aromatic rings. The number of ether oxygens (including phenoxy) is 1. The van der Waals surface area contributed by atoms with Crippen LogP contribution in [0.2, 0.25) is 0 Å². The predicted octanol–water partition coefficient (Wildman–Crippen LogP) is 0.884. The van der Waals surface area contributed by atoms with Crippen molar-refractivity contribution < 1.29 is 13.5 Å². The molecular formula is C3H5F2NO. The van der Waals surface area contributed by atoms with Gasteiger partial charge in [0, 0.05) is 7.05 Å². The molecule has 2 nitrogen and oxygen atoms in total. The van der Waals surface area contributed by atoms with E-state index >= 15 is 0 Å². The summed E-state index contributed by atoms with van der Waals surface area (Å²) in [5, 5.41) is 0. The Hall–Kier alpha value is -0.670. The standard InChI is InChI=1S/C3H5F2NO/c1-6-2-7-3(4)5/h2-3H,1H3. The van der Waals surface area contributed by atoms with Gasteiger partial charge < -0.3 is 4.74 Å². The van der Waals surface area contributed by atoms with Gasteiger partial charge in [-0.2, -0.15) is 8.78 Å². The molecule has 0 unspecified atom stereocenters. The SMILES string of the molecule is CN=COC(F)F. The summed E-state index contributed by atoms with van der Waals surface area (Å²) in [4.78, 5) is 3.15. The van der Waals surface area contributed by atoms with Gasteiger partial charge in [-0.25, -0.2) is 0 Å². The molecule has 0 fully saturated rings. The van der Waals surface area contributed by atoms with Gasteiger partial charge in [-0.1, -0.05) is 0 Å². The maximum Gasteiger partial charge on any atom is 0.388 e. The second-order valence-electron chi connectivity index (χ2n) is 0.760. The first-order valence-electron chi connectivity index (χ1n) is 1.61. The number of alkyl halides is 2. The third-order valence-corrected chi connectivity index (χ3v) is 0.269. The van der Waals surface area contributed by atoms with Crippen LogP contribution in [0.4, 0.5) is 8.78 Å². The van der Waals surface area contributed by atoms with Crippen LogP contribution < -0.4 is 0 Å². The highest BCUT2D eigenvalue weighted by atomic mass is 19.3. The van der Waals surface area contributed by atoms with Crippen molar-refractivity contribution >= 4 is 6.40 Å². The van der Waals surface area contributed by atoms with Crippen LogP contribution in [0.25, 0.3) is 0 Å². The van der Waals surface area contributed by atoms with Gasteiger partial charge in [0.25, 0.3) is 0 Å². The summed E-state index contributed by atoms with van der Waals surface area (Å²) < 4.78 is 25.4. The van der Waals surface area contributed by atoms with Gasteiger partial charge in [0.2, 0.25) is 0 Å². The summed E-state index contributed by atoms with van der Waals surface area (Å²) in [5.74, 6) is 0. The van der Waals surface area contributed by atoms with Crippen molar-refractivity contribution in [2.75, 3.05) is 7.05 Å². The summed E-state index contributed by atoms with van der Waals surface area (Å²) in [6.45, 7) is -2.75.